The molecule has 1 aliphatic rings. The van der Waals surface area contributed by atoms with E-state index >= 15 is 0 Å². The van der Waals surface area contributed by atoms with Gasteiger partial charge in [0.15, 0.2) is 0 Å². The normalized spacial score (nSPS) is 19.9. The lowest BCUT2D eigenvalue weighted by atomic mass is 10.1. The molecule has 1 atom stereocenters. The van der Waals surface area contributed by atoms with Crippen LogP contribution in [0.4, 0.5) is 0 Å². The zero-order valence-corrected chi connectivity index (χ0v) is 12.4. The summed E-state index contributed by atoms with van der Waals surface area (Å²) in [7, 11) is -3.74. The van der Waals surface area contributed by atoms with Crippen LogP contribution in [0.25, 0.3) is 0 Å². The van der Waals surface area contributed by atoms with Gasteiger partial charge in [0.25, 0.3) is 5.91 Å². The molecular formula is C13H19N3O3S. The lowest BCUT2D eigenvalue weighted by Crippen LogP contribution is -2.51. The molecule has 0 spiro atoms. The Hall–Kier alpha value is -1.44. The Bertz CT molecular complexity index is 628. The number of benzene rings is 1. The molecule has 1 heterocycles. The van der Waals surface area contributed by atoms with Gasteiger partial charge in [0.1, 0.15) is 0 Å². The molecule has 20 heavy (non-hydrogen) atoms. The van der Waals surface area contributed by atoms with E-state index < -0.39 is 10.0 Å². The minimum Gasteiger partial charge on any atom is -0.336 e. The predicted octanol–water partition coefficient (Wildman–Crippen LogP) is 0.0763. The first-order chi connectivity index (χ1) is 9.29. The van der Waals surface area contributed by atoms with Gasteiger partial charge in [-0.25, -0.2) is 13.6 Å². The molecule has 1 amide bonds. The van der Waals surface area contributed by atoms with Crippen molar-refractivity contribution in [2.75, 3.05) is 19.6 Å². The average molecular weight is 297 g/mol. The largest absolute Gasteiger partial charge is 0.336 e. The van der Waals surface area contributed by atoms with Crippen LogP contribution < -0.4 is 10.5 Å². The van der Waals surface area contributed by atoms with Gasteiger partial charge in [0, 0.05) is 31.2 Å². The molecular weight excluding hydrogens is 278 g/mol. The average Bonchev–Trinajstić information content (AvgIpc) is 2.36. The van der Waals surface area contributed by atoms with Crippen LogP contribution in [0, 0.1) is 6.92 Å². The number of piperazine rings is 1. The second-order valence-corrected chi connectivity index (χ2v) is 6.66. The molecule has 7 heteroatoms. The van der Waals surface area contributed by atoms with E-state index in [1.54, 1.807) is 17.9 Å². The number of aryl methyl sites for hydroxylation is 1. The van der Waals surface area contributed by atoms with Gasteiger partial charge in [-0.1, -0.05) is 0 Å². The van der Waals surface area contributed by atoms with Crippen molar-refractivity contribution in [1.29, 1.82) is 0 Å². The van der Waals surface area contributed by atoms with Crippen LogP contribution in [0.1, 0.15) is 22.8 Å². The molecule has 0 aliphatic carbocycles. The summed E-state index contributed by atoms with van der Waals surface area (Å²) in [5.41, 5.74) is 0.977. The van der Waals surface area contributed by atoms with Gasteiger partial charge in [0.05, 0.1) is 4.90 Å². The number of rotatable bonds is 2. The molecule has 0 aromatic heterocycles. The molecule has 2 rings (SSSR count). The number of amides is 1. The van der Waals surface area contributed by atoms with E-state index in [-0.39, 0.29) is 16.8 Å². The molecule has 1 unspecified atom stereocenters. The summed E-state index contributed by atoms with van der Waals surface area (Å²) in [5, 5.41) is 8.38. The van der Waals surface area contributed by atoms with Crippen molar-refractivity contribution in [3.8, 4) is 0 Å². The maximum Gasteiger partial charge on any atom is 0.253 e. The van der Waals surface area contributed by atoms with Gasteiger partial charge < -0.3 is 10.2 Å². The number of sulfonamides is 1. The van der Waals surface area contributed by atoms with Crippen molar-refractivity contribution in [2.24, 2.45) is 5.14 Å². The Kier molecular flexibility index (Phi) is 4.12. The summed E-state index contributed by atoms with van der Waals surface area (Å²) in [5.74, 6) is -0.0811. The lowest BCUT2D eigenvalue weighted by molar-refractivity contribution is 0.0709. The number of hydrogen-bond donors (Lipinski definition) is 2. The van der Waals surface area contributed by atoms with Crippen LogP contribution in [0.2, 0.25) is 0 Å². The van der Waals surface area contributed by atoms with E-state index in [1.165, 1.54) is 12.1 Å². The summed E-state index contributed by atoms with van der Waals surface area (Å²) in [6, 6.07) is 4.75. The standard InChI is InChI=1S/C13H19N3O3S/c1-9-7-11(3-4-12(9)20(14,18)19)13(17)16-6-5-15-10(2)8-16/h3-4,7,10,15H,5-6,8H2,1-2H3,(H2,14,18,19). The smallest absolute Gasteiger partial charge is 0.253 e. The number of nitrogens with two attached hydrogens (primary N) is 1. The fourth-order valence-electron chi connectivity index (χ4n) is 2.40. The van der Waals surface area contributed by atoms with Gasteiger partial charge in [-0.3, -0.25) is 4.79 Å². The summed E-state index contributed by atoms with van der Waals surface area (Å²) in [6.45, 7) is 5.72. The highest BCUT2D eigenvalue weighted by molar-refractivity contribution is 7.89. The predicted molar refractivity (Wildman–Crippen MR) is 75.9 cm³/mol. The molecule has 110 valence electrons. The van der Waals surface area contributed by atoms with Crippen LogP contribution in [0.15, 0.2) is 23.1 Å². The molecule has 3 N–H and O–H groups in total. The topological polar surface area (TPSA) is 92.5 Å². The number of nitrogens with zero attached hydrogens (tertiary/aromatic N) is 1. The Labute approximate surface area is 119 Å². The van der Waals surface area contributed by atoms with Crippen LogP contribution in [-0.4, -0.2) is 44.9 Å². The second-order valence-electron chi connectivity index (χ2n) is 5.13. The third-order valence-corrected chi connectivity index (χ3v) is 4.46. The van der Waals surface area contributed by atoms with Gasteiger partial charge in [0.2, 0.25) is 10.0 Å². The molecule has 1 aromatic rings. The Morgan fingerprint density at radius 2 is 2.15 bits per heavy atom. The monoisotopic (exact) mass is 297 g/mol. The van der Waals surface area contributed by atoms with Gasteiger partial charge in [-0.15, -0.1) is 0 Å². The lowest BCUT2D eigenvalue weighted by Gasteiger charge is -2.32. The zero-order valence-electron chi connectivity index (χ0n) is 11.6. The van der Waals surface area contributed by atoms with E-state index in [2.05, 4.69) is 5.32 Å². The number of primary sulfonamides is 1. The quantitative estimate of drug-likeness (QED) is 0.808. The van der Waals surface area contributed by atoms with Crippen molar-refractivity contribution < 1.29 is 13.2 Å². The third-order valence-electron chi connectivity index (χ3n) is 3.38. The van der Waals surface area contributed by atoms with Crippen LogP contribution in [0.3, 0.4) is 0 Å². The second kappa shape index (κ2) is 5.51. The van der Waals surface area contributed by atoms with E-state index in [1.807, 2.05) is 6.92 Å². The summed E-state index contributed by atoms with van der Waals surface area (Å²) >= 11 is 0. The molecule has 6 nitrogen and oxygen atoms in total. The van der Waals surface area contributed by atoms with E-state index in [9.17, 15) is 13.2 Å². The SMILES string of the molecule is Cc1cc(C(=O)N2CCNC(C)C2)ccc1S(N)(=O)=O. The van der Waals surface area contributed by atoms with Crippen LogP contribution in [0.5, 0.6) is 0 Å². The van der Waals surface area contributed by atoms with Crippen molar-refractivity contribution in [3.05, 3.63) is 29.3 Å². The first kappa shape index (κ1) is 15.0. The molecule has 1 saturated heterocycles. The maximum absolute atomic E-state index is 12.4. The molecule has 0 bridgehead atoms. The molecule has 1 aliphatic heterocycles. The Morgan fingerprint density at radius 3 is 2.70 bits per heavy atom. The highest BCUT2D eigenvalue weighted by atomic mass is 32.2. The molecule has 1 fully saturated rings. The highest BCUT2D eigenvalue weighted by Crippen LogP contribution is 2.17. The fraction of sp³-hybridized carbons (Fsp3) is 0.462. The number of hydrogen-bond acceptors (Lipinski definition) is 4. The summed E-state index contributed by atoms with van der Waals surface area (Å²) in [4.78, 5) is 14.2. The molecule has 0 radical (unpaired) electrons. The summed E-state index contributed by atoms with van der Waals surface area (Å²) < 4.78 is 22.7. The van der Waals surface area contributed by atoms with Gasteiger partial charge in [-0.2, -0.15) is 0 Å². The van der Waals surface area contributed by atoms with E-state index in [4.69, 9.17) is 5.14 Å². The number of carbonyl (C=O) groups excluding carboxylic acids is 1. The van der Waals surface area contributed by atoms with Crippen molar-refractivity contribution in [2.45, 2.75) is 24.8 Å². The van der Waals surface area contributed by atoms with Crippen LogP contribution in [-0.2, 0) is 10.0 Å². The van der Waals surface area contributed by atoms with Crippen LogP contribution >= 0.6 is 0 Å². The van der Waals surface area contributed by atoms with E-state index in [0.717, 1.165) is 6.54 Å². The molecule has 0 saturated carbocycles. The Balaban J connectivity index is 2.25. The number of carbonyl (C=O) groups is 1. The first-order valence-electron chi connectivity index (χ1n) is 6.45. The van der Waals surface area contributed by atoms with Gasteiger partial charge in [-0.05, 0) is 37.6 Å². The zero-order chi connectivity index (χ0) is 14.9. The van der Waals surface area contributed by atoms with Crippen molar-refractivity contribution >= 4 is 15.9 Å². The third kappa shape index (κ3) is 3.17. The van der Waals surface area contributed by atoms with Crippen molar-refractivity contribution in [3.63, 3.8) is 0 Å². The summed E-state index contributed by atoms with van der Waals surface area (Å²) in [6.07, 6.45) is 0. The Morgan fingerprint density at radius 1 is 1.45 bits per heavy atom. The van der Waals surface area contributed by atoms with Gasteiger partial charge >= 0.3 is 0 Å². The maximum atomic E-state index is 12.4. The minimum absolute atomic E-state index is 0.0581. The minimum atomic E-state index is -3.74. The highest BCUT2D eigenvalue weighted by Gasteiger charge is 2.22. The number of nitrogens with one attached hydrogen (secondary N) is 1. The fourth-order valence-corrected chi connectivity index (χ4v) is 3.17. The molecule has 1 aromatic carbocycles. The first-order valence-corrected chi connectivity index (χ1v) is 8.00. The van der Waals surface area contributed by atoms with E-state index in [0.29, 0.717) is 24.2 Å². The van der Waals surface area contributed by atoms with Crippen molar-refractivity contribution in [1.82, 2.24) is 10.2 Å².